The SMILES string of the molecule is CCNC(Cc1ccn(C(C)C)n1)c1cscc1C. The summed E-state index contributed by atoms with van der Waals surface area (Å²) in [6.45, 7) is 9.62. The normalized spacial score (nSPS) is 13.1. The second-order valence-electron chi connectivity index (χ2n) is 5.21. The van der Waals surface area contributed by atoms with Gasteiger partial charge in [-0.2, -0.15) is 16.4 Å². The molecule has 0 aliphatic carbocycles. The molecule has 1 N–H and O–H groups in total. The van der Waals surface area contributed by atoms with Crippen LogP contribution in [0.25, 0.3) is 0 Å². The average molecular weight is 277 g/mol. The van der Waals surface area contributed by atoms with Crippen LogP contribution in [0.15, 0.2) is 23.0 Å². The Kier molecular flexibility index (Phi) is 4.77. The Balaban J connectivity index is 2.14. The summed E-state index contributed by atoms with van der Waals surface area (Å²) in [6.07, 6.45) is 3.02. The Hall–Kier alpha value is -1.13. The van der Waals surface area contributed by atoms with E-state index in [1.165, 1.54) is 11.1 Å². The molecule has 4 heteroatoms. The summed E-state index contributed by atoms with van der Waals surface area (Å²) in [5.74, 6) is 0. The number of rotatable bonds is 6. The topological polar surface area (TPSA) is 29.9 Å². The van der Waals surface area contributed by atoms with Gasteiger partial charge in [0.1, 0.15) is 0 Å². The third-order valence-corrected chi connectivity index (χ3v) is 4.21. The minimum Gasteiger partial charge on any atom is -0.310 e. The number of likely N-dealkylation sites (N-methyl/N-ethyl adjacent to an activating group) is 1. The van der Waals surface area contributed by atoms with Crippen molar-refractivity contribution < 1.29 is 0 Å². The van der Waals surface area contributed by atoms with Crippen LogP contribution in [0.5, 0.6) is 0 Å². The van der Waals surface area contributed by atoms with Crippen LogP contribution in [-0.2, 0) is 6.42 Å². The third-order valence-electron chi connectivity index (χ3n) is 3.33. The molecule has 104 valence electrons. The number of hydrogen-bond donors (Lipinski definition) is 1. The first-order valence-corrected chi connectivity index (χ1v) is 7.86. The largest absolute Gasteiger partial charge is 0.310 e. The van der Waals surface area contributed by atoms with Gasteiger partial charge in [-0.15, -0.1) is 0 Å². The molecule has 2 aromatic rings. The zero-order chi connectivity index (χ0) is 13.8. The molecule has 2 heterocycles. The zero-order valence-corrected chi connectivity index (χ0v) is 13.0. The molecule has 0 aromatic carbocycles. The fourth-order valence-corrected chi connectivity index (χ4v) is 3.15. The summed E-state index contributed by atoms with van der Waals surface area (Å²) < 4.78 is 2.03. The number of thiophene rings is 1. The lowest BCUT2D eigenvalue weighted by atomic mass is 10.0. The molecule has 0 radical (unpaired) electrons. The molecule has 0 fully saturated rings. The monoisotopic (exact) mass is 277 g/mol. The van der Waals surface area contributed by atoms with Gasteiger partial charge >= 0.3 is 0 Å². The van der Waals surface area contributed by atoms with Gasteiger partial charge in [0.15, 0.2) is 0 Å². The van der Waals surface area contributed by atoms with E-state index < -0.39 is 0 Å². The van der Waals surface area contributed by atoms with Crippen molar-refractivity contribution in [2.24, 2.45) is 0 Å². The summed E-state index contributed by atoms with van der Waals surface area (Å²) in [6, 6.07) is 2.92. The molecule has 0 saturated heterocycles. The van der Waals surface area contributed by atoms with Gasteiger partial charge < -0.3 is 5.32 Å². The number of nitrogens with one attached hydrogen (secondary N) is 1. The van der Waals surface area contributed by atoms with Crippen LogP contribution < -0.4 is 5.32 Å². The Morgan fingerprint density at radius 3 is 2.68 bits per heavy atom. The summed E-state index contributed by atoms with van der Waals surface area (Å²) >= 11 is 1.78. The Bertz CT molecular complexity index is 513. The lowest BCUT2D eigenvalue weighted by Crippen LogP contribution is -2.23. The number of hydrogen-bond acceptors (Lipinski definition) is 3. The molecule has 1 unspecified atom stereocenters. The molecular formula is C15H23N3S. The molecule has 0 aliphatic heterocycles. The maximum absolute atomic E-state index is 4.65. The summed E-state index contributed by atoms with van der Waals surface area (Å²) in [4.78, 5) is 0. The van der Waals surface area contributed by atoms with Crippen molar-refractivity contribution in [2.45, 2.75) is 46.2 Å². The Morgan fingerprint density at radius 1 is 1.37 bits per heavy atom. The molecule has 0 bridgehead atoms. The van der Waals surface area contributed by atoms with Crippen molar-refractivity contribution in [1.82, 2.24) is 15.1 Å². The molecular weight excluding hydrogens is 254 g/mol. The highest BCUT2D eigenvalue weighted by Crippen LogP contribution is 2.24. The highest BCUT2D eigenvalue weighted by atomic mass is 32.1. The predicted molar refractivity (Wildman–Crippen MR) is 81.8 cm³/mol. The lowest BCUT2D eigenvalue weighted by Gasteiger charge is -2.17. The van der Waals surface area contributed by atoms with Crippen molar-refractivity contribution in [2.75, 3.05) is 6.54 Å². The van der Waals surface area contributed by atoms with E-state index in [0.717, 1.165) is 18.7 Å². The Morgan fingerprint density at radius 2 is 2.16 bits per heavy atom. The van der Waals surface area contributed by atoms with E-state index in [1.807, 2.05) is 4.68 Å². The maximum atomic E-state index is 4.65. The minimum absolute atomic E-state index is 0.367. The highest BCUT2D eigenvalue weighted by Gasteiger charge is 2.15. The third kappa shape index (κ3) is 3.45. The van der Waals surface area contributed by atoms with E-state index in [2.05, 4.69) is 61.1 Å². The van der Waals surface area contributed by atoms with Crippen LogP contribution in [0.2, 0.25) is 0 Å². The second-order valence-corrected chi connectivity index (χ2v) is 5.95. The minimum atomic E-state index is 0.367. The van der Waals surface area contributed by atoms with Crippen LogP contribution in [0, 0.1) is 6.92 Å². The van der Waals surface area contributed by atoms with Gasteiger partial charge in [-0.1, -0.05) is 6.92 Å². The van der Waals surface area contributed by atoms with Crippen molar-refractivity contribution in [3.63, 3.8) is 0 Å². The van der Waals surface area contributed by atoms with Gasteiger partial charge in [-0.25, -0.2) is 0 Å². The van der Waals surface area contributed by atoms with E-state index in [0.29, 0.717) is 12.1 Å². The van der Waals surface area contributed by atoms with Gasteiger partial charge in [0.2, 0.25) is 0 Å². The fourth-order valence-electron chi connectivity index (χ4n) is 2.25. The molecule has 2 rings (SSSR count). The lowest BCUT2D eigenvalue weighted by molar-refractivity contribution is 0.506. The van der Waals surface area contributed by atoms with Crippen LogP contribution in [0.1, 0.15) is 49.7 Å². The molecule has 19 heavy (non-hydrogen) atoms. The summed E-state index contributed by atoms with van der Waals surface area (Å²) in [5, 5.41) is 12.7. The van der Waals surface area contributed by atoms with Crippen molar-refractivity contribution >= 4 is 11.3 Å². The molecule has 1 atom stereocenters. The van der Waals surface area contributed by atoms with Crippen molar-refractivity contribution in [3.8, 4) is 0 Å². The van der Waals surface area contributed by atoms with E-state index in [1.54, 1.807) is 11.3 Å². The van der Waals surface area contributed by atoms with Crippen LogP contribution in [0.4, 0.5) is 0 Å². The van der Waals surface area contributed by atoms with Gasteiger partial charge in [-0.05, 0) is 55.3 Å². The smallest absolute Gasteiger partial charge is 0.0643 e. The summed E-state index contributed by atoms with van der Waals surface area (Å²) in [7, 11) is 0. The molecule has 0 amide bonds. The molecule has 0 aliphatic rings. The molecule has 2 aromatic heterocycles. The molecule has 3 nitrogen and oxygen atoms in total. The molecule has 0 saturated carbocycles. The van der Waals surface area contributed by atoms with Gasteiger partial charge in [0, 0.05) is 24.7 Å². The predicted octanol–water partition coefficient (Wildman–Crippen LogP) is 3.73. The highest BCUT2D eigenvalue weighted by molar-refractivity contribution is 7.08. The Labute approximate surface area is 119 Å². The first kappa shape index (κ1) is 14.3. The fraction of sp³-hybridized carbons (Fsp3) is 0.533. The van der Waals surface area contributed by atoms with E-state index in [-0.39, 0.29) is 0 Å². The standard InChI is InChI=1S/C15H23N3S/c1-5-16-15(14-10-19-9-12(14)4)8-13-6-7-18(17-13)11(2)3/h6-7,9-11,15-16H,5,8H2,1-4H3. The van der Waals surface area contributed by atoms with E-state index >= 15 is 0 Å². The van der Waals surface area contributed by atoms with E-state index in [9.17, 15) is 0 Å². The van der Waals surface area contributed by atoms with Gasteiger partial charge in [-0.3, -0.25) is 4.68 Å². The van der Waals surface area contributed by atoms with Crippen molar-refractivity contribution in [3.05, 3.63) is 39.8 Å². The van der Waals surface area contributed by atoms with E-state index in [4.69, 9.17) is 0 Å². The van der Waals surface area contributed by atoms with Gasteiger partial charge in [0.05, 0.1) is 5.69 Å². The zero-order valence-electron chi connectivity index (χ0n) is 12.2. The first-order chi connectivity index (χ1) is 9.11. The number of nitrogens with zero attached hydrogens (tertiary/aromatic N) is 2. The molecule has 0 spiro atoms. The van der Waals surface area contributed by atoms with Crippen molar-refractivity contribution in [1.29, 1.82) is 0 Å². The summed E-state index contributed by atoms with van der Waals surface area (Å²) in [5.41, 5.74) is 3.94. The van der Waals surface area contributed by atoms with Crippen LogP contribution in [-0.4, -0.2) is 16.3 Å². The second kappa shape index (κ2) is 6.35. The number of aromatic nitrogens is 2. The van der Waals surface area contributed by atoms with Gasteiger partial charge in [0.25, 0.3) is 0 Å². The average Bonchev–Trinajstić information content (AvgIpc) is 2.97. The first-order valence-electron chi connectivity index (χ1n) is 6.92. The van der Waals surface area contributed by atoms with Crippen LogP contribution >= 0.6 is 11.3 Å². The quantitative estimate of drug-likeness (QED) is 0.872. The number of aryl methyl sites for hydroxylation is 1. The van der Waals surface area contributed by atoms with Crippen LogP contribution in [0.3, 0.4) is 0 Å². The maximum Gasteiger partial charge on any atom is 0.0643 e.